The Balaban J connectivity index is 0.00000280. The van der Waals surface area contributed by atoms with Gasteiger partial charge in [0.1, 0.15) is 0 Å². The van der Waals surface area contributed by atoms with Gasteiger partial charge in [0.2, 0.25) is 5.91 Å². The van der Waals surface area contributed by atoms with E-state index in [1.165, 1.54) is 4.88 Å². The average Bonchev–Trinajstić information content (AvgIpc) is 3.22. The van der Waals surface area contributed by atoms with E-state index in [2.05, 4.69) is 26.6 Å². The topological polar surface area (TPSA) is 60.0 Å². The van der Waals surface area contributed by atoms with E-state index in [-0.39, 0.29) is 36.4 Å². The number of rotatable bonds is 5. The van der Waals surface area contributed by atoms with Gasteiger partial charge in [0.05, 0.1) is 13.1 Å². The first-order valence-electron chi connectivity index (χ1n) is 8.91. The molecule has 0 saturated carbocycles. The Hall–Kier alpha value is -1.52. The summed E-state index contributed by atoms with van der Waals surface area (Å²) in [5, 5.41) is 9.10. The summed E-state index contributed by atoms with van der Waals surface area (Å²) in [6.45, 7) is 4.00. The van der Waals surface area contributed by atoms with Crippen LogP contribution in [0.5, 0.6) is 0 Å². The summed E-state index contributed by atoms with van der Waals surface area (Å²) in [6.07, 6.45) is 0. The minimum absolute atomic E-state index is 0. The molecule has 0 atom stereocenters. The molecule has 0 bridgehead atoms. The number of amides is 1. The summed E-state index contributed by atoms with van der Waals surface area (Å²) in [5.41, 5.74) is 1.14. The first-order chi connectivity index (χ1) is 13.2. The number of benzene rings is 1. The van der Waals surface area contributed by atoms with E-state index in [4.69, 9.17) is 11.6 Å². The van der Waals surface area contributed by atoms with Crippen LogP contribution in [0.25, 0.3) is 0 Å². The Morgan fingerprint density at radius 1 is 1.14 bits per heavy atom. The quantitative estimate of drug-likeness (QED) is 0.352. The molecule has 1 aromatic heterocycles. The van der Waals surface area contributed by atoms with E-state index < -0.39 is 0 Å². The predicted octanol–water partition coefficient (Wildman–Crippen LogP) is 3.03. The zero-order valence-corrected chi connectivity index (χ0v) is 19.6. The molecule has 2 N–H and O–H groups in total. The number of halogens is 2. The maximum Gasteiger partial charge on any atom is 0.242 e. The highest BCUT2D eigenvalue weighted by Gasteiger charge is 2.21. The lowest BCUT2D eigenvalue weighted by atomic mass is 10.2. The number of carbonyl (C=O) groups is 1. The van der Waals surface area contributed by atoms with Crippen molar-refractivity contribution in [2.45, 2.75) is 6.54 Å². The number of nitrogens with zero attached hydrogens (tertiary/aromatic N) is 3. The number of carbonyl (C=O) groups excluding carboxylic acids is 1. The Bertz CT molecular complexity index is 761. The van der Waals surface area contributed by atoms with Crippen LogP contribution in [0.2, 0.25) is 5.02 Å². The third-order valence-corrected chi connectivity index (χ3v) is 5.59. The number of anilines is 1. The van der Waals surface area contributed by atoms with Gasteiger partial charge in [0.15, 0.2) is 5.96 Å². The normalized spacial score (nSPS) is 14.4. The Kier molecular flexibility index (Phi) is 9.33. The van der Waals surface area contributed by atoms with Crippen LogP contribution in [-0.4, -0.2) is 56.5 Å². The minimum atomic E-state index is 0. The van der Waals surface area contributed by atoms with Crippen LogP contribution < -0.4 is 15.5 Å². The number of hydrogen-bond donors (Lipinski definition) is 2. The Morgan fingerprint density at radius 2 is 1.86 bits per heavy atom. The molecule has 1 aromatic carbocycles. The van der Waals surface area contributed by atoms with Crippen molar-refractivity contribution in [1.82, 2.24) is 15.5 Å². The smallest absolute Gasteiger partial charge is 0.242 e. The van der Waals surface area contributed by atoms with Crippen LogP contribution >= 0.6 is 46.9 Å². The van der Waals surface area contributed by atoms with Crippen molar-refractivity contribution in [2.24, 2.45) is 4.99 Å². The third-order valence-electron chi connectivity index (χ3n) is 4.46. The highest BCUT2D eigenvalue weighted by Crippen LogP contribution is 2.19. The average molecular weight is 534 g/mol. The van der Waals surface area contributed by atoms with Crippen molar-refractivity contribution >= 4 is 64.5 Å². The molecule has 152 valence electrons. The SMILES string of the molecule is CN=C(NCC(=O)N1CCN(c2ccc(Cl)cc2)CC1)NCc1cccs1.I. The molecule has 9 heteroatoms. The maximum absolute atomic E-state index is 12.5. The van der Waals surface area contributed by atoms with Crippen molar-refractivity contribution < 1.29 is 4.79 Å². The van der Waals surface area contributed by atoms with Gasteiger partial charge in [0.25, 0.3) is 0 Å². The number of nitrogens with one attached hydrogen (secondary N) is 2. The van der Waals surface area contributed by atoms with Crippen LogP contribution in [0, 0.1) is 0 Å². The highest BCUT2D eigenvalue weighted by molar-refractivity contribution is 14.0. The minimum Gasteiger partial charge on any atom is -0.368 e. The van der Waals surface area contributed by atoms with E-state index in [1.807, 2.05) is 40.6 Å². The van der Waals surface area contributed by atoms with Crippen LogP contribution in [0.3, 0.4) is 0 Å². The first kappa shape index (κ1) is 22.8. The number of piperazine rings is 1. The molecule has 3 rings (SSSR count). The van der Waals surface area contributed by atoms with Gasteiger partial charge < -0.3 is 20.4 Å². The van der Waals surface area contributed by atoms with Gasteiger partial charge in [-0.15, -0.1) is 35.3 Å². The van der Waals surface area contributed by atoms with E-state index in [1.54, 1.807) is 18.4 Å². The van der Waals surface area contributed by atoms with Crippen molar-refractivity contribution in [3.8, 4) is 0 Å². The second kappa shape index (κ2) is 11.5. The molecular weight excluding hydrogens is 509 g/mol. The van der Waals surface area contributed by atoms with Crippen LogP contribution in [-0.2, 0) is 11.3 Å². The van der Waals surface area contributed by atoms with Crippen molar-refractivity contribution in [3.05, 3.63) is 51.7 Å². The lowest BCUT2D eigenvalue weighted by Gasteiger charge is -2.36. The molecular formula is C19H25ClIN5OS. The summed E-state index contributed by atoms with van der Waals surface area (Å²) in [6, 6.07) is 11.9. The lowest BCUT2D eigenvalue weighted by molar-refractivity contribution is -0.130. The standard InChI is InChI=1S/C19H24ClN5OS.HI/c1-21-19(22-13-17-3-2-12-27-17)23-14-18(26)25-10-8-24(9-11-25)16-6-4-15(20)5-7-16;/h2-7,12H,8-11,13-14H2,1H3,(H2,21,22,23);1H. The molecule has 1 saturated heterocycles. The highest BCUT2D eigenvalue weighted by atomic mass is 127. The Labute approximate surface area is 192 Å². The molecule has 1 fully saturated rings. The second-order valence-electron chi connectivity index (χ2n) is 6.20. The zero-order valence-electron chi connectivity index (χ0n) is 15.7. The largest absolute Gasteiger partial charge is 0.368 e. The van der Waals surface area contributed by atoms with Crippen molar-refractivity contribution in [2.75, 3.05) is 44.7 Å². The first-order valence-corrected chi connectivity index (χ1v) is 10.2. The van der Waals surface area contributed by atoms with Crippen LogP contribution in [0.15, 0.2) is 46.8 Å². The molecule has 0 unspecified atom stereocenters. The number of thiophene rings is 1. The molecule has 0 aliphatic carbocycles. The molecule has 1 amide bonds. The summed E-state index contributed by atoms with van der Waals surface area (Å²) in [5.74, 6) is 0.723. The van der Waals surface area contributed by atoms with Crippen LogP contribution in [0.1, 0.15) is 4.88 Å². The van der Waals surface area contributed by atoms with Gasteiger partial charge in [-0.25, -0.2) is 0 Å². The van der Waals surface area contributed by atoms with Gasteiger partial charge in [0, 0.05) is 48.8 Å². The second-order valence-corrected chi connectivity index (χ2v) is 7.67. The number of guanidine groups is 1. The predicted molar refractivity (Wildman–Crippen MR) is 128 cm³/mol. The number of aliphatic imine (C=N–C) groups is 1. The van der Waals surface area contributed by atoms with E-state index >= 15 is 0 Å². The maximum atomic E-state index is 12.5. The third kappa shape index (κ3) is 6.52. The van der Waals surface area contributed by atoms with Crippen molar-refractivity contribution in [3.63, 3.8) is 0 Å². The number of hydrogen-bond acceptors (Lipinski definition) is 4. The van der Waals surface area contributed by atoms with Crippen molar-refractivity contribution in [1.29, 1.82) is 0 Å². The van der Waals surface area contributed by atoms with Gasteiger partial charge in [-0.1, -0.05) is 17.7 Å². The molecule has 2 heterocycles. The molecule has 1 aliphatic rings. The van der Waals surface area contributed by atoms with Gasteiger partial charge in [-0.2, -0.15) is 0 Å². The molecule has 2 aromatic rings. The summed E-state index contributed by atoms with van der Waals surface area (Å²) < 4.78 is 0. The van der Waals surface area contributed by atoms with Gasteiger partial charge in [-0.3, -0.25) is 9.79 Å². The summed E-state index contributed by atoms with van der Waals surface area (Å²) >= 11 is 7.64. The molecule has 6 nitrogen and oxygen atoms in total. The fourth-order valence-corrected chi connectivity index (χ4v) is 3.71. The lowest BCUT2D eigenvalue weighted by Crippen LogP contribution is -2.52. The van der Waals surface area contributed by atoms with Gasteiger partial charge >= 0.3 is 0 Å². The summed E-state index contributed by atoms with van der Waals surface area (Å²) in [7, 11) is 1.71. The summed E-state index contributed by atoms with van der Waals surface area (Å²) in [4.78, 5) is 22.1. The van der Waals surface area contributed by atoms with E-state index in [9.17, 15) is 4.79 Å². The molecule has 0 radical (unpaired) electrons. The molecule has 0 spiro atoms. The van der Waals surface area contributed by atoms with Gasteiger partial charge in [-0.05, 0) is 35.7 Å². The Morgan fingerprint density at radius 3 is 2.46 bits per heavy atom. The fourth-order valence-electron chi connectivity index (χ4n) is 2.94. The van der Waals surface area contributed by atoms with E-state index in [0.717, 1.165) is 23.8 Å². The van der Waals surface area contributed by atoms with Crippen LogP contribution in [0.4, 0.5) is 5.69 Å². The zero-order chi connectivity index (χ0) is 19.1. The van der Waals surface area contributed by atoms with E-state index in [0.29, 0.717) is 25.6 Å². The fraction of sp³-hybridized carbons (Fsp3) is 0.368. The molecule has 28 heavy (non-hydrogen) atoms. The molecule has 1 aliphatic heterocycles. The monoisotopic (exact) mass is 533 g/mol.